The SMILES string of the molecule is [N-]=[N+]=NCCCCOc1ccc(C(=O)Nc2cccc3c2OC(c2nn[nH]n2)CO3)cc1. The molecule has 1 unspecified atom stereocenters. The molecule has 0 bridgehead atoms. The average molecular weight is 436 g/mol. The largest absolute Gasteiger partial charge is 0.494 e. The van der Waals surface area contributed by atoms with Gasteiger partial charge in [0.15, 0.2) is 17.6 Å². The maximum Gasteiger partial charge on any atom is 0.255 e. The van der Waals surface area contributed by atoms with Gasteiger partial charge in [-0.15, -0.1) is 10.2 Å². The van der Waals surface area contributed by atoms with Gasteiger partial charge >= 0.3 is 0 Å². The minimum Gasteiger partial charge on any atom is -0.494 e. The van der Waals surface area contributed by atoms with Gasteiger partial charge < -0.3 is 19.5 Å². The van der Waals surface area contributed by atoms with E-state index in [1.165, 1.54) is 0 Å². The minimum atomic E-state index is -0.539. The van der Waals surface area contributed by atoms with Crippen LogP contribution in [0.2, 0.25) is 0 Å². The number of para-hydroxylation sites is 1. The zero-order valence-electron chi connectivity index (χ0n) is 17.0. The fraction of sp³-hybridized carbons (Fsp3) is 0.300. The lowest BCUT2D eigenvalue weighted by Crippen LogP contribution is -2.24. The first kappa shape index (κ1) is 20.9. The van der Waals surface area contributed by atoms with Crippen molar-refractivity contribution in [2.24, 2.45) is 5.11 Å². The summed E-state index contributed by atoms with van der Waals surface area (Å²) in [5.41, 5.74) is 9.18. The van der Waals surface area contributed by atoms with E-state index in [0.717, 1.165) is 12.8 Å². The zero-order valence-corrected chi connectivity index (χ0v) is 17.0. The third-order valence-electron chi connectivity index (χ3n) is 4.63. The predicted octanol–water partition coefficient (Wildman–Crippen LogP) is 3.43. The number of amides is 1. The maximum absolute atomic E-state index is 12.8. The van der Waals surface area contributed by atoms with E-state index >= 15 is 0 Å². The molecule has 1 atom stereocenters. The Balaban J connectivity index is 1.37. The number of carbonyl (C=O) groups is 1. The number of hydrogen-bond acceptors (Lipinski definition) is 8. The Labute approximate surface area is 182 Å². The molecule has 3 aromatic rings. The van der Waals surface area contributed by atoms with E-state index in [1.807, 2.05) is 0 Å². The number of anilines is 1. The molecule has 12 heteroatoms. The fourth-order valence-electron chi connectivity index (χ4n) is 3.04. The molecule has 2 heterocycles. The molecule has 164 valence electrons. The molecule has 0 fully saturated rings. The fourth-order valence-corrected chi connectivity index (χ4v) is 3.04. The Morgan fingerprint density at radius 2 is 2.16 bits per heavy atom. The average Bonchev–Trinajstić information content (AvgIpc) is 3.37. The molecule has 0 saturated carbocycles. The Kier molecular flexibility index (Phi) is 6.63. The first-order valence-electron chi connectivity index (χ1n) is 9.95. The molecule has 32 heavy (non-hydrogen) atoms. The van der Waals surface area contributed by atoms with Gasteiger partial charge in [-0.2, -0.15) is 5.21 Å². The van der Waals surface area contributed by atoms with Crippen LogP contribution in [0.5, 0.6) is 17.2 Å². The highest BCUT2D eigenvalue weighted by atomic mass is 16.6. The molecule has 1 aliphatic rings. The van der Waals surface area contributed by atoms with E-state index in [9.17, 15) is 4.79 Å². The van der Waals surface area contributed by atoms with Crippen molar-refractivity contribution in [2.75, 3.05) is 25.1 Å². The summed E-state index contributed by atoms with van der Waals surface area (Å²) in [6.07, 6.45) is 0.987. The molecule has 0 radical (unpaired) electrons. The van der Waals surface area contributed by atoms with Gasteiger partial charge in [0.05, 0.1) is 12.3 Å². The van der Waals surface area contributed by atoms with Crippen LogP contribution in [0.3, 0.4) is 0 Å². The zero-order chi connectivity index (χ0) is 22.2. The summed E-state index contributed by atoms with van der Waals surface area (Å²) in [6, 6.07) is 12.1. The Morgan fingerprint density at radius 3 is 2.94 bits per heavy atom. The summed E-state index contributed by atoms with van der Waals surface area (Å²) in [5.74, 6) is 1.64. The van der Waals surface area contributed by atoms with Crippen LogP contribution in [0.15, 0.2) is 47.6 Å². The second-order valence-corrected chi connectivity index (χ2v) is 6.81. The smallest absolute Gasteiger partial charge is 0.255 e. The van der Waals surface area contributed by atoms with Crippen molar-refractivity contribution < 1.29 is 19.0 Å². The highest BCUT2D eigenvalue weighted by Crippen LogP contribution is 2.41. The number of nitrogens with zero attached hydrogens (tertiary/aromatic N) is 6. The molecule has 4 rings (SSSR count). The summed E-state index contributed by atoms with van der Waals surface area (Å²) >= 11 is 0. The lowest BCUT2D eigenvalue weighted by molar-refractivity contribution is 0.0856. The summed E-state index contributed by atoms with van der Waals surface area (Å²) in [5, 5.41) is 20.1. The number of azide groups is 1. The second-order valence-electron chi connectivity index (χ2n) is 6.81. The van der Waals surface area contributed by atoms with Crippen LogP contribution >= 0.6 is 0 Å². The monoisotopic (exact) mass is 436 g/mol. The van der Waals surface area contributed by atoms with Crippen molar-refractivity contribution in [2.45, 2.75) is 18.9 Å². The predicted molar refractivity (Wildman–Crippen MR) is 113 cm³/mol. The summed E-state index contributed by atoms with van der Waals surface area (Å²) in [6.45, 7) is 1.19. The molecule has 12 nitrogen and oxygen atoms in total. The maximum atomic E-state index is 12.8. The van der Waals surface area contributed by atoms with Gasteiger partial charge in [-0.1, -0.05) is 16.4 Å². The van der Waals surface area contributed by atoms with Crippen molar-refractivity contribution in [3.8, 4) is 17.2 Å². The van der Waals surface area contributed by atoms with Gasteiger partial charge in [0.25, 0.3) is 5.91 Å². The van der Waals surface area contributed by atoms with Crippen LogP contribution in [0, 0.1) is 0 Å². The number of fused-ring (bicyclic) bond motifs is 1. The molecule has 1 aromatic heterocycles. The number of unbranched alkanes of at least 4 members (excludes halogenated alkanes) is 1. The third-order valence-corrected chi connectivity index (χ3v) is 4.63. The normalized spacial score (nSPS) is 14.3. The minimum absolute atomic E-state index is 0.233. The van der Waals surface area contributed by atoms with Gasteiger partial charge in [-0.25, -0.2) is 0 Å². The topological polar surface area (TPSA) is 160 Å². The van der Waals surface area contributed by atoms with E-state index < -0.39 is 6.10 Å². The molecule has 1 aliphatic heterocycles. The first-order valence-corrected chi connectivity index (χ1v) is 9.95. The highest BCUT2D eigenvalue weighted by molar-refractivity contribution is 6.05. The van der Waals surface area contributed by atoms with Crippen LogP contribution in [0.4, 0.5) is 5.69 Å². The Hall–Kier alpha value is -4.31. The van der Waals surface area contributed by atoms with Crippen molar-refractivity contribution in [1.82, 2.24) is 20.6 Å². The standard InChI is InChI=1S/C20H20N8O4/c21-26-22-10-1-2-11-30-14-8-6-13(7-9-14)20(29)23-15-4-3-5-16-18(15)32-17(12-31-16)19-24-27-28-25-19/h3-9,17H,1-2,10-12H2,(H,23,29)(H,24,25,27,28). The number of aromatic nitrogens is 4. The molecule has 1 amide bonds. The van der Waals surface area contributed by atoms with E-state index in [-0.39, 0.29) is 12.5 Å². The van der Waals surface area contributed by atoms with Crippen LogP contribution in [-0.4, -0.2) is 46.3 Å². The number of H-pyrrole nitrogens is 1. The summed E-state index contributed by atoms with van der Waals surface area (Å²) < 4.78 is 17.3. The number of carbonyl (C=O) groups excluding carboxylic acids is 1. The summed E-state index contributed by atoms with van der Waals surface area (Å²) in [7, 11) is 0. The molecule has 2 N–H and O–H groups in total. The Bertz CT molecular complexity index is 1100. The van der Waals surface area contributed by atoms with Gasteiger partial charge in [-0.05, 0) is 54.8 Å². The molecular formula is C20H20N8O4. The summed E-state index contributed by atoms with van der Waals surface area (Å²) in [4.78, 5) is 15.5. The Morgan fingerprint density at radius 1 is 1.28 bits per heavy atom. The number of nitrogens with one attached hydrogen (secondary N) is 2. The quantitative estimate of drug-likeness (QED) is 0.225. The number of hydrogen-bond donors (Lipinski definition) is 2. The lowest BCUT2D eigenvalue weighted by Gasteiger charge is -2.26. The van der Waals surface area contributed by atoms with E-state index in [2.05, 4.69) is 36.0 Å². The number of ether oxygens (including phenoxy) is 3. The number of rotatable bonds is 9. The molecule has 0 spiro atoms. The number of tetrazole rings is 1. The number of benzene rings is 2. The molecule has 0 aliphatic carbocycles. The van der Waals surface area contributed by atoms with E-state index in [0.29, 0.717) is 47.5 Å². The van der Waals surface area contributed by atoms with Crippen LogP contribution in [0.1, 0.15) is 35.1 Å². The van der Waals surface area contributed by atoms with Gasteiger partial charge in [0.1, 0.15) is 12.4 Å². The van der Waals surface area contributed by atoms with Crippen molar-refractivity contribution >= 4 is 11.6 Å². The van der Waals surface area contributed by atoms with Crippen molar-refractivity contribution in [3.63, 3.8) is 0 Å². The van der Waals surface area contributed by atoms with Crippen LogP contribution in [-0.2, 0) is 0 Å². The van der Waals surface area contributed by atoms with E-state index in [4.69, 9.17) is 19.7 Å². The van der Waals surface area contributed by atoms with Crippen molar-refractivity contribution in [1.29, 1.82) is 0 Å². The van der Waals surface area contributed by atoms with Gasteiger partial charge in [0.2, 0.25) is 5.82 Å². The number of aromatic amines is 1. The third kappa shape index (κ3) is 5.05. The van der Waals surface area contributed by atoms with Crippen LogP contribution in [0.25, 0.3) is 10.4 Å². The first-order chi connectivity index (χ1) is 15.7. The molecule has 2 aromatic carbocycles. The van der Waals surface area contributed by atoms with Gasteiger partial charge in [-0.3, -0.25) is 4.79 Å². The van der Waals surface area contributed by atoms with Gasteiger partial charge in [0, 0.05) is 17.0 Å². The molecule has 0 saturated heterocycles. The lowest BCUT2D eigenvalue weighted by atomic mass is 10.2. The highest BCUT2D eigenvalue weighted by Gasteiger charge is 2.28. The van der Waals surface area contributed by atoms with E-state index in [1.54, 1.807) is 42.5 Å². The van der Waals surface area contributed by atoms with Crippen molar-refractivity contribution in [3.05, 3.63) is 64.3 Å². The molecular weight excluding hydrogens is 416 g/mol. The van der Waals surface area contributed by atoms with Crippen LogP contribution < -0.4 is 19.5 Å². The second kappa shape index (κ2) is 10.1.